The number of fused-ring (bicyclic) bond motifs is 3. The summed E-state index contributed by atoms with van der Waals surface area (Å²) in [5.41, 5.74) is 3.90. The fourth-order valence-corrected chi connectivity index (χ4v) is 3.11. The summed E-state index contributed by atoms with van der Waals surface area (Å²) >= 11 is 0. The van der Waals surface area contributed by atoms with E-state index >= 15 is 0 Å². The Morgan fingerprint density at radius 1 is 0.565 bits per heavy atom. The zero-order valence-corrected chi connectivity index (χ0v) is 14.0. The van der Waals surface area contributed by atoms with Gasteiger partial charge in [0.15, 0.2) is 0 Å². The molecular weight excluding hydrogens is 276 g/mol. The summed E-state index contributed by atoms with van der Waals surface area (Å²) in [5, 5.41) is 5.27. The molecule has 0 heterocycles. The molecule has 0 aromatic heterocycles. The predicted octanol–water partition coefficient (Wildman–Crippen LogP) is 6.99. The lowest BCUT2D eigenvalue weighted by Gasteiger charge is -2.11. The van der Waals surface area contributed by atoms with Gasteiger partial charge in [-0.1, -0.05) is 92.2 Å². The molecule has 0 heteroatoms. The second-order valence-corrected chi connectivity index (χ2v) is 5.56. The van der Waals surface area contributed by atoms with Gasteiger partial charge in [-0.3, -0.25) is 0 Å². The van der Waals surface area contributed by atoms with Gasteiger partial charge >= 0.3 is 0 Å². The molecule has 0 saturated heterocycles. The van der Waals surface area contributed by atoms with Crippen molar-refractivity contribution < 1.29 is 0 Å². The van der Waals surface area contributed by atoms with Gasteiger partial charge in [0.05, 0.1) is 0 Å². The van der Waals surface area contributed by atoms with E-state index in [-0.39, 0.29) is 0 Å². The molecule has 0 N–H and O–H groups in total. The molecule has 0 amide bonds. The minimum atomic E-state index is 1.29. The Morgan fingerprint density at radius 2 is 1.22 bits per heavy atom. The van der Waals surface area contributed by atoms with Crippen LogP contribution >= 0.6 is 0 Å². The van der Waals surface area contributed by atoms with Crippen LogP contribution in [0.1, 0.15) is 19.4 Å². The third kappa shape index (κ3) is 2.85. The molecule has 0 radical (unpaired) electrons. The quantitative estimate of drug-likeness (QED) is 0.332. The van der Waals surface area contributed by atoms with E-state index in [0.29, 0.717) is 0 Å². The Balaban J connectivity index is 0.000000753. The van der Waals surface area contributed by atoms with Gasteiger partial charge in [0, 0.05) is 0 Å². The third-order valence-electron chi connectivity index (χ3n) is 4.10. The predicted molar refractivity (Wildman–Crippen MR) is 103 cm³/mol. The number of hydrogen-bond acceptors (Lipinski definition) is 0. The van der Waals surface area contributed by atoms with E-state index in [0.717, 1.165) is 0 Å². The Kier molecular flexibility index (Phi) is 4.43. The van der Waals surface area contributed by atoms with Crippen molar-refractivity contribution in [3.05, 3.63) is 84.4 Å². The van der Waals surface area contributed by atoms with E-state index in [1.165, 1.54) is 38.2 Å². The summed E-state index contributed by atoms with van der Waals surface area (Å²) in [6.07, 6.45) is 0. The first-order chi connectivity index (χ1) is 11.3. The van der Waals surface area contributed by atoms with Gasteiger partial charge in [0.25, 0.3) is 0 Å². The monoisotopic (exact) mass is 298 g/mol. The summed E-state index contributed by atoms with van der Waals surface area (Å²) in [4.78, 5) is 0. The maximum atomic E-state index is 2.31. The molecule has 0 aliphatic rings. The van der Waals surface area contributed by atoms with Gasteiger partial charge in [-0.15, -0.1) is 0 Å². The summed E-state index contributed by atoms with van der Waals surface area (Å²) in [7, 11) is 0. The Labute approximate surface area is 138 Å². The highest BCUT2D eigenvalue weighted by Crippen LogP contribution is 2.34. The molecule has 114 valence electrons. The molecule has 0 fully saturated rings. The van der Waals surface area contributed by atoms with Crippen LogP contribution in [-0.2, 0) is 0 Å². The van der Waals surface area contributed by atoms with Gasteiger partial charge in [-0.2, -0.15) is 0 Å². The van der Waals surface area contributed by atoms with Crippen LogP contribution in [0.2, 0.25) is 0 Å². The summed E-state index contributed by atoms with van der Waals surface area (Å²) in [6.45, 7) is 6.15. The highest BCUT2D eigenvalue weighted by atomic mass is 14.1. The van der Waals surface area contributed by atoms with Gasteiger partial charge in [-0.25, -0.2) is 0 Å². The van der Waals surface area contributed by atoms with E-state index < -0.39 is 0 Å². The molecule has 4 aromatic rings. The topological polar surface area (TPSA) is 0 Å². The van der Waals surface area contributed by atoms with Crippen molar-refractivity contribution in [1.82, 2.24) is 0 Å². The number of benzene rings is 4. The van der Waals surface area contributed by atoms with Crippen LogP contribution in [0.3, 0.4) is 0 Å². The van der Waals surface area contributed by atoms with Crippen LogP contribution in [-0.4, -0.2) is 0 Å². The normalized spacial score (nSPS) is 10.4. The molecule has 0 unspecified atom stereocenters. The van der Waals surface area contributed by atoms with Crippen molar-refractivity contribution in [2.75, 3.05) is 0 Å². The van der Waals surface area contributed by atoms with Crippen molar-refractivity contribution >= 4 is 21.5 Å². The lowest BCUT2D eigenvalue weighted by Crippen LogP contribution is -1.85. The van der Waals surface area contributed by atoms with E-state index in [2.05, 4.69) is 85.8 Å². The molecule has 0 atom stereocenters. The molecule has 0 bridgehead atoms. The molecule has 0 aliphatic heterocycles. The fourth-order valence-electron chi connectivity index (χ4n) is 3.11. The second kappa shape index (κ2) is 6.66. The number of rotatable bonds is 1. The molecule has 0 aliphatic carbocycles. The zero-order valence-electron chi connectivity index (χ0n) is 14.0. The maximum absolute atomic E-state index is 2.31. The molecule has 23 heavy (non-hydrogen) atoms. The lowest BCUT2D eigenvalue weighted by molar-refractivity contribution is 1.47. The maximum Gasteiger partial charge on any atom is -0.00989 e. The van der Waals surface area contributed by atoms with E-state index in [4.69, 9.17) is 0 Å². The molecule has 0 spiro atoms. The summed E-state index contributed by atoms with van der Waals surface area (Å²) < 4.78 is 0. The third-order valence-corrected chi connectivity index (χ3v) is 4.10. The van der Waals surface area contributed by atoms with Crippen molar-refractivity contribution in [1.29, 1.82) is 0 Å². The molecule has 0 nitrogen and oxygen atoms in total. The van der Waals surface area contributed by atoms with Crippen LogP contribution in [0.25, 0.3) is 32.7 Å². The molecule has 4 aromatic carbocycles. The SMILES string of the molecule is CC.Cc1cccc(-c2cc3ccccc3c3ccccc23)c1. The van der Waals surface area contributed by atoms with Crippen LogP contribution < -0.4 is 0 Å². The van der Waals surface area contributed by atoms with Crippen molar-refractivity contribution in [3.8, 4) is 11.1 Å². The van der Waals surface area contributed by atoms with Gasteiger partial charge in [0.2, 0.25) is 0 Å². The number of hydrogen-bond donors (Lipinski definition) is 0. The molecule has 4 rings (SSSR count). The first kappa shape index (κ1) is 15.3. The first-order valence-corrected chi connectivity index (χ1v) is 8.30. The largest absolute Gasteiger partial charge is 0.0683 e. The van der Waals surface area contributed by atoms with Gasteiger partial charge in [-0.05, 0) is 45.7 Å². The molecular formula is C23H22. The second-order valence-electron chi connectivity index (χ2n) is 5.56. The van der Waals surface area contributed by atoms with Crippen molar-refractivity contribution in [3.63, 3.8) is 0 Å². The molecule has 0 saturated carbocycles. The van der Waals surface area contributed by atoms with Gasteiger partial charge in [0.1, 0.15) is 0 Å². The Bertz CT molecular complexity index is 948. The first-order valence-electron chi connectivity index (χ1n) is 8.30. The smallest absolute Gasteiger partial charge is 0.00989 e. The summed E-state index contributed by atoms with van der Waals surface area (Å²) in [6, 6.07) is 28.4. The van der Waals surface area contributed by atoms with E-state index in [9.17, 15) is 0 Å². The minimum Gasteiger partial charge on any atom is -0.0683 e. The van der Waals surface area contributed by atoms with Crippen LogP contribution in [0, 0.1) is 6.92 Å². The summed E-state index contributed by atoms with van der Waals surface area (Å²) in [5.74, 6) is 0. The Morgan fingerprint density at radius 3 is 1.96 bits per heavy atom. The number of aryl methyl sites for hydroxylation is 1. The van der Waals surface area contributed by atoms with Crippen LogP contribution in [0.4, 0.5) is 0 Å². The van der Waals surface area contributed by atoms with Crippen molar-refractivity contribution in [2.45, 2.75) is 20.8 Å². The highest BCUT2D eigenvalue weighted by Gasteiger charge is 2.07. The fraction of sp³-hybridized carbons (Fsp3) is 0.130. The van der Waals surface area contributed by atoms with E-state index in [1.807, 2.05) is 13.8 Å². The zero-order chi connectivity index (χ0) is 16.2. The average molecular weight is 298 g/mol. The Hall–Kier alpha value is -2.60. The van der Waals surface area contributed by atoms with Crippen LogP contribution in [0.15, 0.2) is 78.9 Å². The van der Waals surface area contributed by atoms with Gasteiger partial charge < -0.3 is 0 Å². The lowest BCUT2D eigenvalue weighted by atomic mass is 9.93. The minimum absolute atomic E-state index is 1.29. The average Bonchev–Trinajstić information content (AvgIpc) is 2.63. The van der Waals surface area contributed by atoms with Crippen molar-refractivity contribution in [2.24, 2.45) is 0 Å². The van der Waals surface area contributed by atoms with E-state index in [1.54, 1.807) is 0 Å². The highest BCUT2D eigenvalue weighted by molar-refractivity contribution is 6.13. The standard InChI is InChI=1S/C21H16.C2H6/c1-15-7-6-9-16(13-15)21-14-17-8-2-3-10-18(17)19-11-4-5-12-20(19)21;1-2/h2-14H,1H3;1-2H3. The van der Waals surface area contributed by atoms with Crippen LogP contribution in [0.5, 0.6) is 0 Å².